The van der Waals surface area contributed by atoms with Crippen molar-refractivity contribution in [3.8, 4) is 0 Å². The average Bonchev–Trinajstić information content (AvgIpc) is 1.68. The lowest BCUT2D eigenvalue weighted by Crippen LogP contribution is -1.74. The second-order valence-electron chi connectivity index (χ2n) is 0.939. The lowest BCUT2D eigenvalue weighted by Gasteiger charge is -1.79. The van der Waals surface area contributed by atoms with Gasteiger partial charge in [0.05, 0.1) is 0 Å². The Morgan fingerprint density at radius 1 is 1.43 bits per heavy atom. The molecule has 0 unspecified atom stereocenters. The predicted molar refractivity (Wildman–Crippen MR) is 21.1 cm³/mol. The predicted octanol–water partition coefficient (Wildman–Crippen LogP) is 1.78. The van der Waals surface area contributed by atoms with Crippen molar-refractivity contribution in [2.75, 3.05) is 13.3 Å². The highest BCUT2D eigenvalue weighted by Gasteiger charge is 1.87. The molecule has 0 atom stereocenters. The molecule has 0 aliphatic heterocycles. The first-order valence-electron chi connectivity index (χ1n) is 1.77. The lowest BCUT2D eigenvalue weighted by atomic mass is 10.5. The van der Waals surface area contributed by atoms with Crippen LogP contribution in [0.15, 0.2) is 11.9 Å². The van der Waals surface area contributed by atoms with Gasteiger partial charge in [-0.2, -0.15) is 0 Å². The molecule has 7 heavy (non-hydrogen) atoms. The number of halogens is 3. The van der Waals surface area contributed by atoms with Crippen molar-refractivity contribution in [1.29, 1.82) is 0 Å². The third-order valence-corrected chi connectivity index (χ3v) is 0.426. The van der Waals surface area contributed by atoms with Gasteiger partial charge in [0.15, 0.2) is 0 Å². The summed E-state index contributed by atoms with van der Waals surface area (Å²) in [4.78, 5) is 0. The van der Waals surface area contributed by atoms with Crippen molar-refractivity contribution in [2.24, 2.45) is 0 Å². The summed E-state index contributed by atoms with van der Waals surface area (Å²) in [7, 11) is 0. The van der Waals surface area contributed by atoms with E-state index in [2.05, 4.69) is 0 Å². The van der Waals surface area contributed by atoms with E-state index < -0.39 is 19.2 Å². The topological polar surface area (TPSA) is 0 Å². The quantitative estimate of drug-likeness (QED) is 0.508. The maximum absolute atomic E-state index is 11.4. The molecule has 0 aromatic rings. The van der Waals surface area contributed by atoms with E-state index in [-0.39, 0.29) is 0 Å². The van der Waals surface area contributed by atoms with Crippen molar-refractivity contribution in [3.05, 3.63) is 11.9 Å². The van der Waals surface area contributed by atoms with Gasteiger partial charge in [0, 0.05) is 0 Å². The van der Waals surface area contributed by atoms with Crippen LogP contribution in [0.5, 0.6) is 0 Å². The van der Waals surface area contributed by atoms with Gasteiger partial charge < -0.3 is 0 Å². The number of allylic oxidation sites excluding steroid dienone is 2. The second kappa shape index (κ2) is 3.71. The monoisotopic (exact) mass is 110 g/mol. The molecule has 0 bridgehead atoms. The Morgan fingerprint density at radius 2 is 2.00 bits per heavy atom. The maximum Gasteiger partial charge on any atom is 0.141 e. The first-order chi connectivity index (χ1) is 3.31. The van der Waals surface area contributed by atoms with Crippen LogP contribution in [0.3, 0.4) is 0 Å². The van der Waals surface area contributed by atoms with Crippen LogP contribution in [0.2, 0.25) is 0 Å². The largest absolute Gasteiger partial charge is 0.246 e. The summed E-state index contributed by atoms with van der Waals surface area (Å²) in [6, 6.07) is 0. The Labute approximate surface area is 39.6 Å². The van der Waals surface area contributed by atoms with E-state index in [0.29, 0.717) is 6.08 Å². The summed E-state index contributed by atoms with van der Waals surface area (Å²) in [5.74, 6) is -1.04. The summed E-state index contributed by atoms with van der Waals surface area (Å²) in [5.41, 5.74) is 0. The molecule has 0 saturated carbocycles. The van der Waals surface area contributed by atoms with E-state index in [1.54, 1.807) is 0 Å². The molecule has 0 N–H and O–H groups in total. The van der Waals surface area contributed by atoms with Gasteiger partial charge in [-0.1, -0.05) is 0 Å². The minimum Gasteiger partial charge on any atom is -0.246 e. The number of hydrogen-bond donors (Lipinski definition) is 0. The van der Waals surface area contributed by atoms with Gasteiger partial charge in [-0.15, -0.1) is 0 Å². The minimum atomic E-state index is -1.20. The maximum atomic E-state index is 11.4. The molecular formula is C4H5F3. The highest BCUT2D eigenvalue weighted by molar-refractivity contribution is 4.90. The highest BCUT2D eigenvalue weighted by Crippen LogP contribution is 1.94. The average molecular weight is 110 g/mol. The fraction of sp³-hybridized carbons (Fsp3) is 0.500. The van der Waals surface area contributed by atoms with Crippen LogP contribution >= 0.6 is 0 Å². The smallest absolute Gasteiger partial charge is 0.141 e. The third kappa shape index (κ3) is 3.36. The Hall–Kier alpha value is -0.470. The van der Waals surface area contributed by atoms with Crippen LogP contribution in [0, 0.1) is 0 Å². The third-order valence-electron chi connectivity index (χ3n) is 0.426. The van der Waals surface area contributed by atoms with Gasteiger partial charge in [0.1, 0.15) is 19.2 Å². The Bertz CT molecular complexity index is 67.3. The molecule has 0 aromatic carbocycles. The molecule has 0 fully saturated rings. The van der Waals surface area contributed by atoms with Gasteiger partial charge in [-0.05, 0) is 6.08 Å². The number of hydrogen-bond acceptors (Lipinski definition) is 0. The van der Waals surface area contributed by atoms with Crippen LogP contribution in [0.25, 0.3) is 0 Å². The number of alkyl halides is 2. The zero-order valence-corrected chi connectivity index (χ0v) is 3.63. The summed E-state index contributed by atoms with van der Waals surface area (Å²) in [6.45, 7) is -2.14. The Balaban J connectivity index is 3.29. The van der Waals surface area contributed by atoms with E-state index in [0.717, 1.165) is 0 Å². The summed E-state index contributed by atoms with van der Waals surface area (Å²) < 4.78 is 33.3. The summed E-state index contributed by atoms with van der Waals surface area (Å²) >= 11 is 0. The van der Waals surface area contributed by atoms with Gasteiger partial charge in [-0.25, -0.2) is 13.2 Å². The van der Waals surface area contributed by atoms with Crippen molar-refractivity contribution < 1.29 is 13.2 Å². The molecule has 0 heterocycles. The molecule has 0 spiro atoms. The molecule has 0 aromatic heterocycles. The molecule has 0 aliphatic carbocycles. The highest BCUT2D eigenvalue weighted by atomic mass is 19.2. The zero-order valence-electron chi connectivity index (χ0n) is 3.63. The van der Waals surface area contributed by atoms with E-state index in [1.165, 1.54) is 0 Å². The Kier molecular flexibility index (Phi) is 3.46. The molecule has 0 saturated heterocycles. The van der Waals surface area contributed by atoms with Crippen molar-refractivity contribution in [1.82, 2.24) is 0 Å². The molecule has 3 heteroatoms. The molecule has 0 amide bonds. The SMILES string of the molecule is FC/C=C(\F)CF. The standard InChI is InChI=1S/C4H5F3/c5-2-1-4(7)3-6/h1H,2-3H2/b4-1-. The number of rotatable bonds is 2. The minimum absolute atomic E-state index is 0.556. The van der Waals surface area contributed by atoms with E-state index in [9.17, 15) is 13.2 Å². The van der Waals surface area contributed by atoms with Crippen LogP contribution in [-0.4, -0.2) is 13.3 Å². The normalized spacial score (nSPS) is 12.1. The lowest BCUT2D eigenvalue weighted by molar-refractivity contribution is 0.449. The van der Waals surface area contributed by atoms with E-state index in [4.69, 9.17) is 0 Å². The fourth-order valence-electron chi connectivity index (χ4n) is 0.138. The molecule has 0 rings (SSSR count). The summed E-state index contributed by atoms with van der Waals surface area (Å²) in [5, 5.41) is 0. The van der Waals surface area contributed by atoms with E-state index >= 15 is 0 Å². The first kappa shape index (κ1) is 6.53. The van der Waals surface area contributed by atoms with Crippen LogP contribution in [0.4, 0.5) is 13.2 Å². The molecular weight excluding hydrogens is 105 g/mol. The van der Waals surface area contributed by atoms with Gasteiger partial charge in [-0.3, -0.25) is 0 Å². The zero-order chi connectivity index (χ0) is 5.70. The second-order valence-corrected chi connectivity index (χ2v) is 0.939. The molecule has 42 valence electrons. The first-order valence-corrected chi connectivity index (χ1v) is 1.77. The van der Waals surface area contributed by atoms with Gasteiger partial charge in [0.2, 0.25) is 0 Å². The van der Waals surface area contributed by atoms with Crippen LogP contribution in [0.1, 0.15) is 0 Å². The van der Waals surface area contributed by atoms with Gasteiger partial charge in [0.25, 0.3) is 0 Å². The Morgan fingerprint density at radius 3 is 2.14 bits per heavy atom. The van der Waals surface area contributed by atoms with Crippen molar-refractivity contribution >= 4 is 0 Å². The molecule has 0 aliphatic rings. The molecule has 0 nitrogen and oxygen atoms in total. The van der Waals surface area contributed by atoms with Crippen LogP contribution < -0.4 is 0 Å². The van der Waals surface area contributed by atoms with Crippen molar-refractivity contribution in [2.45, 2.75) is 0 Å². The van der Waals surface area contributed by atoms with Crippen molar-refractivity contribution in [3.63, 3.8) is 0 Å². The summed E-state index contributed by atoms with van der Waals surface area (Å²) in [6.07, 6.45) is 0.556. The van der Waals surface area contributed by atoms with E-state index in [1.807, 2.05) is 0 Å². The fourth-order valence-corrected chi connectivity index (χ4v) is 0.138. The van der Waals surface area contributed by atoms with Gasteiger partial charge >= 0.3 is 0 Å². The molecule has 0 radical (unpaired) electrons. The van der Waals surface area contributed by atoms with Crippen LogP contribution in [-0.2, 0) is 0 Å².